The number of halogens is 1. The number of nitrogens with zero attached hydrogens (tertiary/aromatic N) is 1. The molecular weight excluding hydrogens is 404 g/mol. The Morgan fingerprint density at radius 2 is 1.92 bits per heavy atom. The van der Waals surface area contributed by atoms with E-state index in [-0.39, 0.29) is 29.9 Å². The number of esters is 1. The Morgan fingerprint density at radius 3 is 2.42 bits per heavy atom. The highest BCUT2D eigenvalue weighted by atomic mass is 79.9. The van der Waals surface area contributed by atoms with Gasteiger partial charge in [-0.15, -0.1) is 0 Å². The molecule has 1 fully saturated rings. The van der Waals surface area contributed by atoms with Gasteiger partial charge in [0.2, 0.25) is 5.91 Å². The Morgan fingerprint density at radius 1 is 1.27 bits per heavy atom. The minimum atomic E-state index is -0.935. The van der Waals surface area contributed by atoms with E-state index in [1.807, 2.05) is 13.8 Å². The van der Waals surface area contributed by atoms with Gasteiger partial charge in [0.1, 0.15) is 17.1 Å². The number of carbonyl (C=O) groups excluding carboxylic acids is 3. The van der Waals surface area contributed by atoms with E-state index in [0.717, 1.165) is 0 Å². The number of nitrogens with two attached hydrogens (primary N) is 1. The van der Waals surface area contributed by atoms with Crippen molar-refractivity contribution >= 4 is 33.7 Å². The second-order valence-corrected chi connectivity index (χ2v) is 7.79. The highest BCUT2D eigenvalue weighted by Gasteiger charge is 2.35. The number of furan rings is 1. The van der Waals surface area contributed by atoms with Crippen LogP contribution in [0.25, 0.3) is 0 Å². The maximum Gasteiger partial charge on any atom is 0.343 e. The molecule has 2 amide bonds. The molecule has 0 radical (unpaired) electrons. The van der Waals surface area contributed by atoms with Gasteiger partial charge in [-0.2, -0.15) is 0 Å². The first-order valence-corrected chi connectivity index (χ1v) is 9.47. The molecule has 1 aromatic heterocycles. The van der Waals surface area contributed by atoms with E-state index in [4.69, 9.17) is 14.9 Å². The number of piperidine rings is 1. The first-order valence-electron chi connectivity index (χ1n) is 8.68. The van der Waals surface area contributed by atoms with E-state index in [9.17, 15) is 14.4 Å². The Labute approximate surface area is 161 Å². The molecule has 0 bridgehead atoms. The number of carbonyl (C=O) groups is 3. The number of ether oxygens (including phenoxy) is 1. The van der Waals surface area contributed by atoms with Gasteiger partial charge in [-0.25, -0.2) is 4.79 Å². The molecule has 0 saturated carbocycles. The van der Waals surface area contributed by atoms with Gasteiger partial charge < -0.3 is 19.8 Å². The third kappa shape index (κ3) is 4.28. The average molecular weight is 429 g/mol. The molecule has 0 aliphatic carbocycles. The Bertz CT molecular complexity index is 713. The minimum Gasteiger partial charge on any atom is -0.465 e. The summed E-state index contributed by atoms with van der Waals surface area (Å²) in [6.45, 7) is 7.82. The van der Waals surface area contributed by atoms with Gasteiger partial charge in [0.25, 0.3) is 5.91 Å². The van der Waals surface area contributed by atoms with E-state index in [0.29, 0.717) is 35.4 Å². The molecule has 1 saturated heterocycles. The maximum atomic E-state index is 12.9. The van der Waals surface area contributed by atoms with Crippen molar-refractivity contribution in [3.8, 4) is 0 Å². The zero-order valence-electron chi connectivity index (χ0n) is 15.5. The first kappa shape index (κ1) is 20.5. The lowest BCUT2D eigenvalue weighted by Crippen LogP contribution is -2.50. The molecular formula is C18H25BrN2O5. The lowest BCUT2D eigenvalue weighted by molar-refractivity contribution is -0.145. The van der Waals surface area contributed by atoms with E-state index >= 15 is 0 Å². The van der Waals surface area contributed by atoms with Gasteiger partial charge in [-0.3, -0.25) is 9.59 Å². The molecule has 8 heteroatoms. The molecule has 2 N–H and O–H groups in total. The Kier molecular flexibility index (Phi) is 6.49. The van der Waals surface area contributed by atoms with Crippen molar-refractivity contribution in [2.75, 3.05) is 13.1 Å². The van der Waals surface area contributed by atoms with Crippen molar-refractivity contribution in [2.24, 2.45) is 17.6 Å². The van der Waals surface area contributed by atoms with Crippen molar-refractivity contribution in [1.29, 1.82) is 0 Å². The molecule has 0 spiro atoms. The third-order valence-corrected chi connectivity index (χ3v) is 5.56. The average Bonchev–Trinajstić information content (AvgIpc) is 2.84. The smallest absolute Gasteiger partial charge is 0.343 e. The third-order valence-electron chi connectivity index (χ3n) is 4.61. The summed E-state index contributed by atoms with van der Waals surface area (Å²) in [5.41, 5.74) is 5.67. The quantitative estimate of drug-likeness (QED) is 0.725. The summed E-state index contributed by atoms with van der Waals surface area (Å²) in [5.74, 6) is -0.885. The highest BCUT2D eigenvalue weighted by molar-refractivity contribution is 9.10. The number of aryl methyl sites for hydroxylation is 2. The Hall–Kier alpha value is -1.83. The normalized spacial score (nSPS) is 18.7. The van der Waals surface area contributed by atoms with Gasteiger partial charge in [-0.1, -0.05) is 13.8 Å². The van der Waals surface area contributed by atoms with Crippen molar-refractivity contribution in [1.82, 2.24) is 4.90 Å². The Balaban J connectivity index is 2.16. The van der Waals surface area contributed by atoms with Gasteiger partial charge in [0, 0.05) is 13.1 Å². The molecule has 1 aliphatic rings. The van der Waals surface area contributed by atoms with Gasteiger partial charge >= 0.3 is 5.97 Å². The highest BCUT2D eigenvalue weighted by Crippen LogP contribution is 2.29. The van der Waals surface area contributed by atoms with E-state index < -0.39 is 18.0 Å². The number of likely N-dealkylation sites (tertiary alicyclic amines) is 1. The molecule has 2 rings (SSSR count). The molecule has 1 aromatic rings. The lowest BCUT2D eigenvalue weighted by Gasteiger charge is -2.34. The number of hydrogen-bond acceptors (Lipinski definition) is 5. The second kappa shape index (κ2) is 8.24. The number of amides is 2. The largest absolute Gasteiger partial charge is 0.465 e. The standard InChI is InChI=1S/C18H25BrN2O5/c1-9(2)15(17(23)21-7-5-6-12(8-21)16(20)22)26-18(24)13-10(3)25-11(4)14(13)19/h9,12,15H,5-8H2,1-4H3,(H2,20,22)/t12-,15+/m1/s1. The summed E-state index contributed by atoms with van der Waals surface area (Å²) >= 11 is 3.32. The van der Waals surface area contributed by atoms with E-state index in [1.165, 1.54) is 0 Å². The van der Waals surface area contributed by atoms with Crippen LogP contribution in [0.4, 0.5) is 0 Å². The lowest BCUT2D eigenvalue weighted by atomic mass is 9.96. The zero-order chi connectivity index (χ0) is 19.6. The molecule has 26 heavy (non-hydrogen) atoms. The van der Waals surface area contributed by atoms with Crippen molar-refractivity contribution in [2.45, 2.75) is 46.6 Å². The molecule has 1 aliphatic heterocycles. The van der Waals surface area contributed by atoms with Crippen LogP contribution in [-0.2, 0) is 14.3 Å². The summed E-state index contributed by atoms with van der Waals surface area (Å²) < 4.78 is 11.5. The van der Waals surface area contributed by atoms with Gasteiger partial charge in [0.05, 0.1) is 10.4 Å². The molecule has 2 heterocycles. The molecule has 7 nitrogen and oxygen atoms in total. The van der Waals surface area contributed by atoms with Crippen molar-refractivity contribution in [3.63, 3.8) is 0 Å². The minimum absolute atomic E-state index is 0.215. The monoisotopic (exact) mass is 428 g/mol. The number of hydrogen-bond donors (Lipinski definition) is 1. The second-order valence-electron chi connectivity index (χ2n) is 7.00. The fourth-order valence-corrected chi connectivity index (χ4v) is 3.65. The van der Waals surface area contributed by atoms with Crippen LogP contribution in [0.2, 0.25) is 0 Å². The topological polar surface area (TPSA) is 103 Å². The summed E-state index contributed by atoms with van der Waals surface area (Å²) in [6, 6.07) is 0. The van der Waals surface area contributed by atoms with Crippen molar-refractivity contribution in [3.05, 3.63) is 21.6 Å². The molecule has 144 valence electrons. The predicted molar refractivity (Wildman–Crippen MR) is 98.4 cm³/mol. The fourth-order valence-electron chi connectivity index (χ4n) is 3.12. The van der Waals surface area contributed by atoms with E-state index in [2.05, 4.69) is 15.9 Å². The molecule has 2 atom stereocenters. The molecule has 0 unspecified atom stereocenters. The predicted octanol–water partition coefficient (Wildman–Crippen LogP) is 2.56. The van der Waals surface area contributed by atoms with Gasteiger partial charge in [-0.05, 0) is 48.5 Å². The summed E-state index contributed by atoms with van der Waals surface area (Å²) in [5, 5.41) is 0. The number of primary amides is 1. The first-order chi connectivity index (χ1) is 12.1. The summed E-state index contributed by atoms with van der Waals surface area (Å²) in [4.78, 5) is 38.5. The zero-order valence-corrected chi connectivity index (χ0v) is 17.1. The number of rotatable bonds is 5. The van der Waals surface area contributed by atoms with Crippen LogP contribution >= 0.6 is 15.9 Å². The van der Waals surface area contributed by atoms with E-state index in [1.54, 1.807) is 18.7 Å². The van der Waals surface area contributed by atoms with Crippen LogP contribution in [0.3, 0.4) is 0 Å². The molecule has 0 aromatic carbocycles. The maximum absolute atomic E-state index is 12.9. The SMILES string of the molecule is Cc1oc(C)c(C(=O)O[C@H](C(=O)N2CCC[C@@H](C(N)=O)C2)C(C)C)c1Br. The van der Waals surface area contributed by atoms with Gasteiger partial charge in [0.15, 0.2) is 6.10 Å². The van der Waals surface area contributed by atoms with Crippen LogP contribution in [0, 0.1) is 25.7 Å². The van der Waals surface area contributed by atoms with Crippen LogP contribution in [0.15, 0.2) is 8.89 Å². The van der Waals surface area contributed by atoms with Crippen LogP contribution in [-0.4, -0.2) is 41.9 Å². The van der Waals surface area contributed by atoms with Crippen molar-refractivity contribution < 1.29 is 23.5 Å². The fraction of sp³-hybridized carbons (Fsp3) is 0.611. The van der Waals surface area contributed by atoms with Crippen LogP contribution in [0.1, 0.15) is 48.6 Å². The van der Waals surface area contributed by atoms with Crippen LogP contribution in [0.5, 0.6) is 0 Å². The summed E-state index contributed by atoms with van der Waals surface area (Å²) in [7, 11) is 0. The summed E-state index contributed by atoms with van der Waals surface area (Å²) in [6.07, 6.45) is 0.436. The van der Waals surface area contributed by atoms with Crippen LogP contribution < -0.4 is 5.73 Å².